The van der Waals surface area contributed by atoms with Gasteiger partial charge in [-0.05, 0) is 87.0 Å². The van der Waals surface area contributed by atoms with E-state index in [0.717, 1.165) is 74.8 Å². The zero-order valence-corrected chi connectivity index (χ0v) is 18.4. The molecule has 2 saturated heterocycles. The van der Waals surface area contributed by atoms with Crippen molar-refractivity contribution in [3.63, 3.8) is 0 Å². The Morgan fingerprint density at radius 2 is 1.90 bits per heavy atom. The monoisotopic (exact) mass is 422 g/mol. The van der Waals surface area contributed by atoms with Gasteiger partial charge >= 0.3 is 0 Å². The molecule has 3 heterocycles. The molecule has 5 nitrogen and oxygen atoms in total. The smallest absolute Gasteiger partial charge is 0.211 e. The SMILES string of the molecule is Cc1cc2nc(N3CCC(CNC4CCOC4)CC3)n(-c3cccc(F)c3)c2cc1C. The van der Waals surface area contributed by atoms with Crippen LogP contribution in [0.5, 0.6) is 0 Å². The number of benzene rings is 2. The largest absolute Gasteiger partial charge is 0.380 e. The summed E-state index contributed by atoms with van der Waals surface area (Å²) in [4.78, 5) is 7.38. The lowest BCUT2D eigenvalue weighted by atomic mass is 9.96. The lowest BCUT2D eigenvalue weighted by Gasteiger charge is -2.33. The number of anilines is 1. The number of aromatic nitrogens is 2. The van der Waals surface area contributed by atoms with Gasteiger partial charge in [0.25, 0.3) is 0 Å². The van der Waals surface area contributed by atoms with E-state index >= 15 is 0 Å². The molecule has 0 radical (unpaired) electrons. The van der Waals surface area contributed by atoms with Gasteiger partial charge in [-0.15, -0.1) is 0 Å². The highest BCUT2D eigenvalue weighted by Gasteiger charge is 2.26. The molecule has 6 heteroatoms. The van der Waals surface area contributed by atoms with Gasteiger partial charge in [0.1, 0.15) is 5.82 Å². The van der Waals surface area contributed by atoms with Crippen molar-refractivity contribution in [3.05, 3.63) is 53.3 Å². The van der Waals surface area contributed by atoms with Gasteiger partial charge in [0, 0.05) is 25.7 Å². The van der Waals surface area contributed by atoms with Crippen LogP contribution in [-0.2, 0) is 4.74 Å². The van der Waals surface area contributed by atoms with Crippen LogP contribution in [0.25, 0.3) is 16.7 Å². The summed E-state index contributed by atoms with van der Waals surface area (Å²) in [6, 6.07) is 11.7. The Morgan fingerprint density at radius 3 is 2.65 bits per heavy atom. The topological polar surface area (TPSA) is 42.3 Å². The fourth-order valence-electron chi connectivity index (χ4n) is 4.77. The predicted octanol–water partition coefficient (Wildman–Crippen LogP) is 4.38. The van der Waals surface area contributed by atoms with E-state index in [1.807, 2.05) is 6.07 Å². The van der Waals surface area contributed by atoms with E-state index in [1.165, 1.54) is 17.2 Å². The first-order valence-corrected chi connectivity index (χ1v) is 11.4. The molecule has 2 aliphatic heterocycles. The van der Waals surface area contributed by atoms with Gasteiger partial charge in [-0.3, -0.25) is 4.57 Å². The summed E-state index contributed by atoms with van der Waals surface area (Å²) in [7, 11) is 0. The molecule has 0 amide bonds. The number of ether oxygens (including phenoxy) is 1. The molecular formula is C25H31FN4O. The second kappa shape index (κ2) is 8.60. The zero-order valence-electron chi connectivity index (χ0n) is 18.4. The molecule has 0 bridgehead atoms. The highest BCUT2D eigenvalue weighted by molar-refractivity contribution is 5.83. The molecule has 31 heavy (non-hydrogen) atoms. The number of halogens is 1. The van der Waals surface area contributed by atoms with Crippen LogP contribution in [0.1, 0.15) is 30.4 Å². The van der Waals surface area contributed by atoms with E-state index < -0.39 is 0 Å². The minimum Gasteiger partial charge on any atom is -0.380 e. The Bertz CT molecular complexity index is 1060. The number of piperidine rings is 1. The van der Waals surface area contributed by atoms with E-state index in [-0.39, 0.29) is 5.82 Å². The summed E-state index contributed by atoms with van der Waals surface area (Å²) in [5.74, 6) is 1.37. The first-order valence-electron chi connectivity index (χ1n) is 11.4. The quantitative estimate of drug-likeness (QED) is 0.663. The molecule has 2 aliphatic rings. The van der Waals surface area contributed by atoms with Crippen LogP contribution in [0.2, 0.25) is 0 Å². The summed E-state index contributed by atoms with van der Waals surface area (Å²) in [5, 5.41) is 3.68. The maximum Gasteiger partial charge on any atom is 0.211 e. The molecule has 5 rings (SSSR count). The summed E-state index contributed by atoms with van der Waals surface area (Å²) >= 11 is 0. The van der Waals surface area contributed by atoms with Gasteiger partial charge in [-0.1, -0.05) is 6.07 Å². The van der Waals surface area contributed by atoms with E-state index in [1.54, 1.807) is 12.1 Å². The molecular weight excluding hydrogens is 391 g/mol. The first-order chi connectivity index (χ1) is 15.1. The second-order valence-electron chi connectivity index (χ2n) is 9.05. The number of hydrogen-bond donors (Lipinski definition) is 1. The molecule has 3 aromatic rings. The Labute approximate surface area is 183 Å². The maximum absolute atomic E-state index is 14.1. The fraction of sp³-hybridized carbons (Fsp3) is 0.480. The van der Waals surface area contributed by atoms with Gasteiger partial charge < -0.3 is 15.0 Å². The second-order valence-corrected chi connectivity index (χ2v) is 9.05. The van der Waals surface area contributed by atoms with Crippen LogP contribution >= 0.6 is 0 Å². The molecule has 1 N–H and O–H groups in total. The minimum absolute atomic E-state index is 0.227. The van der Waals surface area contributed by atoms with Crippen LogP contribution in [0.4, 0.5) is 10.3 Å². The van der Waals surface area contributed by atoms with Crippen LogP contribution in [0.3, 0.4) is 0 Å². The zero-order chi connectivity index (χ0) is 21.4. The standard InChI is InChI=1S/C25H31FN4O/c1-17-12-23-24(13-18(17)2)30(22-5-3-4-20(26)14-22)25(28-23)29-9-6-19(7-10-29)15-27-21-8-11-31-16-21/h3-5,12-14,19,21,27H,6-11,15-16H2,1-2H3. The average molecular weight is 423 g/mol. The number of fused-ring (bicyclic) bond motifs is 1. The molecule has 2 aromatic carbocycles. The van der Waals surface area contributed by atoms with Crippen molar-refractivity contribution in [2.24, 2.45) is 5.92 Å². The van der Waals surface area contributed by atoms with Gasteiger partial charge in [0.2, 0.25) is 5.95 Å². The molecule has 164 valence electrons. The number of nitrogens with one attached hydrogen (secondary N) is 1. The van der Waals surface area contributed by atoms with Crippen LogP contribution in [0, 0.1) is 25.6 Å². The van der Waals surface area contributed by atoms with Crippen molar-refractivity contribution in [1.82, 2.24) is 14.9 Å². The first kappa shape index (κ1) is 20.5. The summed E-state index contributed by atoms with van der Waals surface area (Å²) in [6.45, 7) is 8.93. The Kier molecular flexibility index (Phi) is 5.67. The summed E-state index contributed by atoms with van der Waals surface area (Å²) < 4.78 is 21.7. The van der Waals surface area contributed by atoms with Gasteiger partial charge in [-0.2, -0.15) is 0 Å². The van der Waals surface area contributed by atoms with Gasteiger partial charge in [0.05, 0.1) is 23.3 Å². The Hall–Kier alpha value is -2.44. The lowest BCUT2D eigenvalue weighted by Crippen LogP contribution is -2.40. The number of aryl methyl sites for hydroxylation is 2. The Balaban J connectivity index is 1.41. The molecule has 2 fully saturated rings. The van der Waals surface area contributed by atoms with Crippen molar-refractivity contribution in [1.29, 1.82) is 0 Å². The molecule has 1 unspecified atom stereocenters. The highest BCUT2D eigenvalue weighted by atomic mass is 19.1. The van der Waals surface area contributed by atoms with Crippen molar-refractivity contribution in [2.75, 3.05) is 37.7 Å². The van der Waals surface area contributed by atoms with Crippen LogP contribution in [0.15, 0.2) is 36.4 Å². The third-order valence-electron chi connectivity index (χ3n) is 6.84. The summed E-state index contributed by atoms with van der Waals surface area (Å²) in [5.41, 5.74) is 5.27. The maximum atomic E-state index is 14.1. The number of imidazole rings is 1. The predicted molar refractivity (Wildman–Crippen MR) is 123 cm³/mol. The van der Waals surface area contributed by atoms with Crippen LogP contribution < -0.4 is 10.2 Å². The van der Waals surface area contributed by atoms with Crippen molar-refractivity contribution in [2.45, 2.75) is 39.2 Å². The normalized spacial score (nSPS) is 20.1. The van der Waals surface area contributed by atoms with Gasteiger partial charge in [0.15, 0.2) is 0 Å². The van der Waals surface area contributed by atoms with E-state index in [2.05, 4.69) is 40.8 Å². The summed E-state index contributed by atoms with van der Waals surface area (Å²) in [6.07, 6.45) is 3.38. The molecule has 1 aromatic heterocycles. The number of hydrogen-bond acceptors (Lipinski definition) is 4. The van der Waals surface area contributed by atoms with E-state index in [4.69, 9.17) is 9.72 Å². The average Bonchev–Trinajstić information content (AvgIpc) is 3.41. The molecule has 1 atom stereocenters. The van der Waals surface area contributed by atoms with E-state index in [9.17, 15) is 4.39 Å². The minimum atomic E-state index is -0.227. The van der Waals surface area contributed by atoms with Crippen LogP contribution in [-0.4, -0.2) is 48.4 Å². The van der Waals surface area contributed by atoms with Gasteiger partial charge in [-0.25, -0.2) is 9.37 Å². The number of rotatable bonds is 5. The van der Waals surface area contributed by atoms with Crippen molar-refractivity contribution >= 4 is 17.0 Å². The molecule has 0 spiro atoms. The van der Waals surface area contributed by atoms with Crippen molar-refractivity contribution < 1.29 is 9.13 Å². The third kappa shape index (κ3) is 4.19. The fourth-order valence-corrected chi connectivity index (χ4v) is 4.77. The van der Waals surface area contributed by atoms with E-state index in [0.29, 0.717) is 12.0 Å². The molecule has 0 aliphatic carbocycles. The number of nitrogens with zero attached hydrogens (tertiary/aromatic N) is 3. The molecule has 0 saturated carbocycles. The highest BCUT2D eigenvalue weighted by Crippen LogP contribution is 2.31. The lowest BCUT2D eigenvalue weighted by molar-refractivity contribution is 0.188. The Morgan fingerprint density at radius 1 is 1.10 bits per heavy atom. The van der Waals surface area contributed by atoms with Crippen molar-refractivity contribution in [3.8, 4) is 5.69 Å². The third-order valence-corrected chi connectivity index (χ3v) is 6.84.